The molecule has 2 aromatic heterocycles. The fourth-order valence-electron chi connectivity index (χ4n) is 1.45. The molecule has 2 rings (SSSR count). The first-order chi connectivity index (χ1) is 7.59. The summed E-state index contributed by atoms with van der Waals surface area (Å²) in [6, 6.07) is 4.35. The quantitative estimate of drug-likeness (QED) is 0.829. The standard InChI is InChI=1S/C11H10O5/c1-6-7(4-5-15-6)10(12)8-2-3-9(16-8)11(13)14/h2-5,10,12H,1H3,(H,13,14). The Hall–Kier alpha value is -2.01. The lowest BCUT2D eigenvalue weighted by molar-refractivity contribution is 0.0655. The molecule has 0 aliphatic rings. The van der Waals surface area contributed by atoms with Crippen LogP contribution in [-0.2, 0) is 0 Å². The molecular formula is C11H10O5. The fraction of sp³-hybridized carbons (Fsp3) is 0.182. The van der Waals surface area contributed by atoms with Crippen LogP contribution < -0.4 is 0 Å². The van der Waals surface area contributed by atoms with Crippen molar-refractivity contribution in [3.05, 3.63) is 47.3 Å². The third kappa shape index (κ3) is 1.72. The summed E-state index contributed by atoms with van der Waals surface area (Å²) in [5.41, 5.74) is 0.561. The molecule has 0 aromatic carbocycles. The van der Waals surface area contributed by atoms with Crippen molar-refractivity contribution in [2.45, 2.75) is 13.0 Å². The van der Waals surface area contributed by atoms with Crippen LogP contribution in [0, 0.1) is 6.92 Å². The Morgan fingerprint density at radius 2 is 2.12 bits per heavy atom. The zero-order valence-corrected chi connectivity index (χ0v) is 8.51. The molecule has 5 heteroatoms. The zero-order chi connectivity index (χ0) is 11.7. The van der Waals surface area contributed by atoms with Gasteiger partial charge in [-0.15, -0.1) is 0 Å². The highest BCUT2D eigenvalue weighted by Gasteiger charge is 2.20. The highest BCUT2D eigenvalue weighted by atomic mass is 16.4. The molecule has 0 aliphatic heterocycles. The number of carboxylic acid groups (broad SMARTS) is 1. The van der Waals surface area contributed by atoms with E-state index in [0.717, 1.165) is 0 Å². The molecule has 0 spiro atoms. The van der Waals surface area contributed by atoms with Crippen molar-refractivity contribution in [3.8, 4) is 0 Å². The van der Waals surface area contributed by atoms with Crippen LogP contribution in [0.15, 0.2) is 33.3 Å². The molecule has 0 saturated heterocycles. The number of aliphatic hydroxyl groups is 1. The minimum absolute atomic E-state index is 0.182. The molecule has 5 nitrogen and oxygen atoms in total. The van der Waals surface area contributed by atoms with Crippen LogP contribution in [0.3, 0.4) is 0 Å². The molecule has 0 saturated carbocycles. The molecule has 84 valence electrons. The number of aryl methyl sites for hydroxylation is 1. The van der Waals surface area contributed by atoms with E-state index in [4.69, 9.17) is 13.9 Å². The maximum Gasteiger partial charge on any atom is 0.371 e. The van der Waals surface area contributed by atoms with Crippen LogP contribution in [0.4, 0.5) is 0 Å². The first kappa shape index (κ1) is 10.5. The van der Waals surface area contributed by atoms with Gasteiger partial charge in [-0.05, 0) is 25.1 Å². The van der Waals surface area contributed by atoms with Gasteiger partial charge in [-0.1, -0.05) is 0 Å². The van der Waals surface area contributed by atoms with Gasteiger partial charge in [0.25, 0.3) is 0 Å². The first-order valence-corrected chi connectivity index (χ1v) is 4.64. The number of furan rings is 2. The van der Waals surface area contributed by atoms with Gasteiger partial charge in [-0.3, -0.25) is 0 Å². The second kappa shape index (κ2) is 3.86. The Morgan fingerprint density at radius 1 is 1.38 bits per heavy atom. The van der Waals surface area contributed by atoms with Crippen molar-refractivity contribution in [3.63, 3.8) is 0 Å². The summed E-state index contributed by atoms with van der Waals surface area (Å²) in [6.07, 6.45) is 0.446. The highest BCUT2D eigenvalue weighted by Crippen LogP contribution is 2.26. The van der Waals surface area contributed by atoms with E-state index in [1.54, 1.807) is 13.0 Å². The molecule has 2 heterocycles. The third-order valence-electron chi connectivity index (χ3n) is 2.30. The lowest BCUT2D eigenvalue weighted by atomic mass is 10.1. The summed E-state index contributed by atoms with van der Waals surface area (Å²) in [7, 11) is 0. The number of rotatable bonds is 3. The van der Waals surface area contributed by atoms with E-state index in [-0.39, 0.29) is 11.5 Å². The first-order valence-electron chi connectivity index (χ1n) is 4.64. The maximum absolute atomic E-state index is 10.6. The van der Waals surface area contributed by atoms with Crippen molar-refractivity contribution >= 4 is 5.97 Å². The summed E-state index contributed by atoms with van der Waals surface area (Å²) in [5, 5.41) is 18.6. The van der Waals surface area contributed by atoms with E-state index in [1.165, 1.54) is 18.4 Å². The van der Waals surface area contributed by atoms with Gasteiger partial charge in [0.05, 0.1) is 6.26 Å². The van der Waals surface area contributed by atoms with Gasteiger partial charge < -0.3 is 19.0 Å². The number of aromatic carboxylic acids is 1. The Kier molecular flexibility index (Phi) is 2.54. The number of aliphatic hydroxyl groups excluding tert-OH is 1. The predicted octanol–water partition coefficient (Wildman–Crippen LogP) is 1.96. The van der Waals surface area contributed by atoms with Gasteiger partial charge in [-0.25, -0.2) is 4.79 Å². The van der Waals surface area contributed by atoms with Gasteiger partial charge >= 0.3 is 5.97 Å². The average molecular weight is 222 g/mol. The molecule has 0 aliphatic carbocycles. The van der Waals surface area contributed by atoms with Gasteiger partial charge in [0.1, 0.15) is 17.6 Å². The molecule has 2 aromatic rings. The molecule has 1 atom stereocenters. The van der Waals surface area contributed by atoms with Crippen LogP contribution in [-0.4, -0.2) is 16.2 Å². The third-order valence-corrected chi connectivity index (χ3v) is 2.30. The SMILES string of the molecule is Cc1occc1C(O)c1ccc(C(=O)O)o1. The summed E-state index contributed by atoms with van der Waals surface area (Å²) >= 11 is 0. The molecule has 1 unspecified atom stereocenters. The van der Waals surface area contributed by atoms with Crippen LogP contribution in [0.5, 0.6) is 0 Å². The summed E-state index contributed by atoms with van der Waals surface area (Å²) in [6.45, 7) is 1.71. The number of hydrogen-bond acceptors (Lipinski definition) is 4. The van der Waals surface area contributed by atoms with Crippen molar-refractivity contribution in [1.29, 1.82) is 0 Å². The zero-order valence-electron chi connectivity index (χ0n) is 8.51. The van der Waals surface area contributed by atoms with E-state index in [9.17, 15) is 9.90 Å². The Balaban J connectivity index is 2.31. The normalized spacial score (nSPS) is 12.6. The summed E-state index contributed by atoms with van der Waals surface area (Å²) in [5.74, 6) is -0.611. The maximum atomic E-state index is 10.6. The monoisotopic (exact) mass is 222 g/mol. The summed E-state index contributed by atoms with van der Waals surface area (Å²) < 4.78 is 10.0. The Morgan fingerprint density at radius 3 is 2.62 bits per heavy atom. The number of carbonyl (C=O) groups is 1. The van der Waals surface area contributed by atoms with Crippen molar-refractivity contribution in [1.82, 2.24) is 0 Å². The Labute approximate surface area is 90.9 Å². The van der Waals surface area contributed by atoms with Gasteiger partial charge in [-0.2, -0.15) is 0 Å². The molecule has 0 amide bonds. The van der Waals surface area contributed by atoms with E-state index < -0.39 is 12.1 Å². The second-order valence-corrected chi connectivity index (χ2v) is 3.34. The molecule has 0 radical (unpaired) electrons. The van der Waals surface area contributed by atoms with E-state index in [0.29, 0.717) is 11.3 Å². The lowest BCUT2D eigenvalue weighted by Gasteiger charge is -2.05. The molecule has 16 heavy (non-hydrogen) atoms. The second-order valence-electron chi connectivity index (χ2n) is 3.34. The van der Waals surface area contributed by atoms with Gasteiger partial charge in [0.15, 0.2) is 0 Å². The topological polar surface area (TPSA) is 83.8 Å². The fourth-order valence-corrected chi connectivity index (χ4v) is 1.45. The van der Waals surface area contributed by atoms with Crippen LogP contribution in [0.25, 0.3) is 0 Å². The van der Waals surface area contributed by atoms with E-state index in [2.05, 4.69) is 0 Å². The van der Waals surface area contributed by atoms with Crippen molar-refractivity contribution in [2.24, 2.45) is 0 Å². The van der Waals surface area contributed by atoms with Crippen LogP contribution in [0.2, 0.25) is 0 Å². The van der Waals surface area contributed by atoms with E-state index in [1.807, 2.05) is 0 Å². The van der Waals surface area contributed by atoms with Crippen molar-refractivity contribution in [2.75, 3.05) is 0 Å². The average Bonchev–Trinajstić information content (AvgIpc) is 2.84. The van der Waals surface area contributed by atoms with E-state index >= 15 is 0 Å². The minimum Gasteiger partial charge on any atom is -0.475 e. The van der Waals surface area contributed by atoms with Gasteiger partial charge in [0.2, 0.25) is 5.76 Å². The summed E-state index contributed by atoms with van der Waals surface area (Å²) in [4.78, 5) is 10.6. The number of carboxylic acids is 1. The largest absolute Gasteiger partial charge is 0.475 e. The molecular weight excluding hydrogens is 212 g/mol. The smallest absolute Gasteiger partial charge is 0.371 e. The highest BCUT2D eigenvalue weighted by molar-refractivity contribution is 5.84. The minimum atomic E-state index is -1.16. The van der Waals surface area contributed by atoms with Gasteiger partial charge in [0, 0.05) is 5.56 Å². The predicted molar refractivity (Wildman–Crippen MR) is 53.2 cm³/mol. The molecule has 0 fully saturated rings. The van der Waals surface area contributed by atoms with Crippen LogP contribution >= 0.6 is 0 Å². The molecule has 0 bridgehead atoms. The molecule has 2 N–H and O–H groups in total. The van der Waals surface area contributed by atoms with Crippen LogP contribution in [0.1, 0.15) is 33.7 Å². The lowest BCUT2D eigenvalue weighted by Crippen LogP contribution is -1.98. The Bertz CT molecular complexity index is 508. The number of hydrogen-bond donors (Lipinski definition) is 2. The van der Waals surface area contributed by atoms with Crippen molar-refractivity contribution < 1.29 is 23.8 Å².